The fraction of sp³-hybridized carbons (Fsp3) is 0.200. The van der Waals surface area contributed by atoms with Crippen molar-refractivity contribution in [1.29, 1.82) is 0 Å². The summed E-state index contributed by atoms with van der Waals surface area (Å²) in [5.41, 5.74) is 1.63. The summed E-state index contributed by atoms with van der Waals surface area (Å²) in [6.45, 7) is 5.18. The zero-order chi connectivity index (χ0) is 22.1. The minimum absolute atomic E-state index is 0.0386. The molecule has 0 spiro atoms. The fourth-order valence-electron chi connectivity index (χ4n) is 2.71. The minimum atomic E-state index is -0.516. The summed E-state index contributed by atoms with van der Waals surface area (Å²) in [5.74, 6) is 1.17. The molecule has 0 saturated heterocycles. The number of hydrogen-bond donors (Lipinski definition) is 1. The maximum Gasteiger partial charge on any atom is 0.343 e. The molecule has 3 rings (SSSR count). The lowest BCUT2D eigenvalue weighted by Gasteiger charge is -2.08. The number of esters is 1. The van der Waals surface area contributed by atoms with Crippen LogP contribution in [0.2, 0.25) is 0 Å². The summed E-state index contributed by atoms with van der Waals surface area (Å²) in [5, 5.41) is 10.3. The Morgan fingerprint density at radius 1 is 0.903 bits per heavy atom. The molecule has 0 aromatic heterocycles. The maximum absolute atomic E-state index is 12.3. The molecule has 0 heterocycles. The smallest absolute Gasteiger partial charge is 0.343 e. The minimum Gasteiger partial charge on any atom is -0.507 e. The number of aliphatic imine (C=N–C) groups is 1. The van der Waals surface area contributed by atoms with Gasteiger partial charge in [0.25, 0.3) is 0 Å². The molecule has 160 valence electrons. The molecule has 3 aromatic rings. The van der Waals surface area contributed by atoms with Crippen LogP contribution in [0.5, 0.6) is 23.0 Å². The highest BCUT2D eigenvalue weighted by atomic mass is 16.5. The first kappa shape index (κ1) is 21.9. The van der Waals surface area contributed by atoms with Crippen molar-refractivity contribution >= 4 is 17.9 Å². The predicted octanol–water partition coefficient (Wildman–Crippen LogP) is 5.55. The number of phenols is 1. The lowest BCUT2D eigenvalue weighted by Crippen LogP contribution is -2.08. The molecule has 1 N–H and O–H groups in total. The van der Waals surface area contributed by atoms with Gasteiger partial charge >= 0.3 is 5.97 Å². The second-order valence-electron chi connectivity index (χ2n) is 6.67. The van der Waals surface area contributed by atoms with Crippen LogP contribution in [0.25, 0.3) is 0 Å². The van der Waals surface area contributed by atoms with Crippen LogP contribution < -0.4 is 14.2 Å². The average Bonchev–Trinajstić information content (AvgIpc) is 2.78. The van der Waals surface area contributed by atoms with Gasteiger partial charge in [0.1, 0.15) is 23.0 Å². The standard InChI is InChI=1S/C25H25NO5/c1-3-15-30-22-10-5-18(6-11-22)25(28)31-23-12-7-19(24(27)16-23)17-26-20-8-13-21(14-9-20)29-4-2/h5-14,16-17,27H,3-4,15H2,1-2H3. The van der Waals surface area contributed by atoms with Crippen LogP contribution in [0.4, 0.5) is 5.69 Å². The number of ether oxygens (including phenoxy) is 3. The molecule has 0 radical (unpaired) electrons. The molecule has 0 amide bonds. The number of benzene rings is 3. The topological polar surface area (TPSA) is 77.4 Å². The third-order valence-corrected chi connectivity index (χ3v) is 4.28. The fourth-order valence-corrected chi connectivity index (χ4v) is 2.71. The van der Waals surface area contributed by atoms with Crippen LogP contribution >= 0.6 is 0 Å². The van der Waals surface area contributed by atoms with Crippen LogP contribution in [0.15, 0.2) is 71.7 Å². The SMILES string of the molecule is CCCOc1ccc(C(=O)Oc2ccc(C=Nc3ccc(OCC)cc3)c(O)c2)cc1. The maximum atomic E-state index is 12.3. The summed E-state index contributed by atoms with van der Waals surface area (Å²) in [6.07, 6.45) is 2.46. The van der Waals surface area contributed by atoms with Gasteiger partial charge in [-0.2, -0.15) is 0 Å². The normalized spacial score (nSPS) is 10.8. The highest BCUT2D eigenvalue weighted by Gasteiger charge is 2.10. The largest absolute Gasteiger partial charge is 0.507 e. The molecule has 0 aliphatic rings. The third-order valence-electron chi connectivity index (χ3n) is 4.28. The molecule has 31 heavy (non-hydrogen) atoms. The summed E-state index contributed by atoms with van der Waals surface area (Å²) in [6, 6.07) is 18.7. The Labute approximate surface area is 181 Å². The van der Waals surface area contributed by atoms with Gasteiger partial charge in [-0.15, -0.1) is 0 Å². The van der Waals surface area contributed by atoms with Crippen molar-refractivity contribution in [2.45, 2.75) is 20.3 Å². The Kier molecular flexibility index (Phi) is 7.65. The van der Waals surface area contributed by atoms with E-state index in [1.165, 1.54) is 6.07 Å². The van der Waals surface area contributed by atoms with Crippen LogP contribution in [-0.2, 0) is 0 Å². The Bertz CT molecular complexity index is 1030. The molecule has 6 nitrogen and oxygen atoms in total. The van der Waals surface area contributed by atoms with E-state index in [0.717, 1.165) is 17.9 Å². The van der Waals surface area contributed by atoms with Crippen molar-refractivity contribution in [3.05, 3.63) is 77.9 Å². The molecule has 0 saturated carbocycles. The van der Waals surface area contributed by atoms with Crippen molar-refractivity contribution in [2.24, 2.45) is 4.99 Å². The first-order valence-corrected chi connectivity index (χ1v) is 10.1. The third kappa shape index (κ3) is 6.34. The van der Waals surface area contributed by atoms with Crippen LogP contribution in [0, 0.1) is 0 Å². The number of carbonyl (C=O) groups excluding carboxylic acids is 1. The van der Waals surface area contributed by atoms with Gasteiger partial charge < -0.3 is 19.3 Å². The predicted molar refractivity (Wildman–Crippen MR) is 120 cm³/mol. The average molecular weight is 419 g/mol. The summed E-state index contributed by atoms with van der Waals surface area (Å²) >= 11 is 0. The number of aromatic hydroxyl groups is 1. The molecule has 0 aliphatic carbocycles. The van der Waals surface area contributed by atoms with Gasteiger partial charge in [-0.3, -0.25) is 4.99 Å². The molecule has 6 heteroatoms. The quantitative estimate of drug-likeness (QED) is 0.280. The van der Waals surface area contributed by atoms with E-state index in [-0.39, 0.29) is 11.5 Å². The van der Waals surface area contributed by atoms with E-state index >= 15 is 0 Å². The Hall–Kier alpha value is -3.80. The molecular formula is C25H25NO5. The lowest BCUT2D eigenvalue weighted by atomic mass is 10.2. The molecule has 0 unspecified atom stereocenters. The van der Waals surface area contributed by atoms with E-state index in [9.17, 15) is 9.90 Å². The Morgan fingerprint density at radius 2 is 1.55 bits per heavy atom. The first-order chi connectivity index (χ1) is 15.1. The highest BCUT2D eigenvalue weighted by Crippen LogP contribution is 2.25. The second-order valence-corrected chi connectivity index (χ2v) is 6.67. The van der Waals surface area contributed by atoms with Crippen molar-refractivity contribution in [3.8, 4) is 23.0 Å². The van der Waals surface area contributed by atoms with Gasteiger partial charge in [0.15, 0.2) is 0 Å². The van der Waals surface area contributed by atoms with Crippen molar-refractivity contribution < 1.29 is 24.1 Å². The molecule has 0 fully saturated rings. The number of rotatable bonds is 9. The molecular weight excluding hydrogens is 394 g/mol. The molecule has 0 atom stereocenters. The van der Waals surface area contributed by atoms with Gasteiger partial charge in [-0.1, -0.05) is 6.92 Å². The van der Waals surface area contributed by atoms with Crippen molar-refractivity contribution in [3.63, 3.8) is 0 Å². The summed E-state index contributed by atoms with van der Waals surface area (Å²) in [7, 11) is 0. The van der Waals surface area contributed by atoms with Gasteiger partial charge in [-0.05, 0) is 74.0 Å². The first-order valence-electron chi connectivity index (χ1n) is 10.1. The zero-order valence-electron chi connectivity index (χ0n) is 17.6. The molecule has 0 aliphatic heterocycles. The Balaban J connectivity index is 1.62. The van der Waals surface area contributed by atoms with E-state index in [4.69, 9.17) is 14.2 Å². The van der Waals surface area contributed by atoms with E-state index < -0.39 is 5.97 Å². The van der Waals surface area contributed by atoms with Gasteiger partial charge in [0.2, 0.25) is 0 Å². The van der Waals surface area contributed by atoms with E-state index in [2.05, 4.69) is 4.99 Å². The molecule has 3 aromatic carbocycles. The van der Waals surface area contributed by atoms with E-state index in [0.29, 0.717) is 30.1 Å². The van der Waals surface area contributed by atoms with Crippen LogP contribution in [0.3, 0.4) is 0 Å². The van der Waals surface area contributed by atoms with E-state index in [1.54, 1.807) is 42.6 Å². The van der Waals surface area contributed by atoms with Crippen LogP contribution in [0.1, 0.15) is 36.2 Å². The zero-order valence-corrected chi connectivity index (χ0v) is 17.6. The Morgan fingerprint density at radius 3 is 2.19 bits per heavy atom. The summed E-state index contributed by atoms with van der Waals surface area (Å²) in [4.78, 5) is 16.7. The highest BCUT2D eigenvalue weighted by molar-refractivity contribution is 5.91. The number of carbonyl (C=O) groups is 1. The summed E-state index contributed by atoms with van der Waals surface area (Å²) < 4.78 is 16.3. The van der Waals surface area contributed by atoms with Gasteiger partial charge in [0, 0.05) is 17.8 Å². The lowest BCUT2D eigenvalue weighted by molar-refractivity contribution is 0.0734. The van der Waals surface area contributed by atoms with Crippen molar-refractivity contribution in [1.82, 2.24) is 0 Å². The van der Waals surface area contributed by atoms with Gasteiger partial charge in [-0.25, -0.2) is 4.79 Å². The number of hydrogen-bond acceptors (Lipinski definition) is 6. The second kappa shape index (κ2) is 10.8. The number of nitrogens with zero attached hydrogens (tertiary/aromatic N) is 1. The monoisotopic (exact) mass is 419 g/mol. The van der Waals surface area contributed by atoms with Crippen molar-refractivity contribution in [2.75, 3.05) is 13.2 Å². The molecule has 0 bridgehead atoms. The number of phenolic OH excluding ortho intramolecular Hbond substituents is 1. The van der Waals surface area contributed by atoms with Crippen LogP contribution in [-0.4, -0.2) is 30.5 Å². The van der Waals surface area contributed by atoms with Gasteiger partial charge in [0.05, 0.1) is 24.5 Å². The van der Waals surface area contributed by atoms with E-state index in [1.807, 2.05) is 38.1 Å².